The van der Waals surface area contributed by atoms with Crippen molar-refractivity contribution >= 4 is 49.7 Å². The second kappa shape index (κ2) is 12.4. The van der Waals surface area contributed by atoms with Crippen molar-refractivity contribution in [2.45, 2.75) is 33.6 Å². The number of benzene rings is 4. The van der Waals surface area contributed by atoms with Gasteiger partial charge in [-0.05, 0) is 60.3 Å². The minimum Gasteiger partial charge on any atom is -0.512 e. The summed E-state index contributed by atoms with van der Waals surface area (Å²) >= 11 is 0. The molecule has 5 nitrogen and oxygen atoms in total. The predicted molar refractivity (Wildman–Crippen MR) is 170 cm³/mol. The van der Waals surface area contributed by atoms with E-state index in [1.54, 1.807) is 0 Å². The number of aromatic nitrogens is 1. The number of carbonyl (C=O) groups is 1. The maximum Gasteiger partial charge on any atom is 0.179 e. The third kappa shape index (κ3) is 5.64. The van der Waals surface area contributed by atoms with E-state index in [0.29, 0.717) is 0 Å². The number of ketones is 1. The molecule has 1 radical (unpaired) electrons. The van der Waals surface area contributed by atoms with E-state index in [-0.39, 0.29) is 37.6 Å². The van der Waals surface area contributed by atoms with E-state index in [1.807, 2.05) is 54.7 Å². The van der Waals surface area contributed by atoms with E-state index in [4.69, 9.17) is 13.9 Å². The first-order valence-corrected chi connectivity index (χ1v) is 13.9. The summed E-state index contributed by atoms with van der Waals surface area (Å²) in [6.45, 7) is 7.35. The normalized spacial score (nSPS) is 11.6. The Hall–Kier alpha value is -4.51. The molecule has 6 heteroatoms. The molecule has 0 fully saturated rings. The number of nitrogens with zero attached hydrogens (tertiary/aromatic N) is 1. The van der Waals surface area contributed by atoms with E-state index in [0.717, 1.165) is 60.7 Å². The molecule has 7 rings (SSSR count). The summed E-state index contributed by atoms with van der Waals surface area (Å²) in [7, 11) is 0. The summed E-state index contributed by atoms with van der Waals surface area (Å²) in [6, 6.07) is 32.1. The first-order chi connectivity index (χ1) is 20.3. The molecule has 0 saturated heterocycles. The van der Waals surface area contributed by atoms with Crippen molar-refractivity contribution in [2.75, 3.05) is 0 Å². The summed E-state index contributed by atoms with van der Waals surface area (Å²) < 4.78 is 13.0. The van der Waals surface area contributed by atoms with Gasteiger partial charge in [0.25, 0.3) is 0 Å². The first kappa shape index (κ1) is 30.0. The number of para-hydroxylation sites is 2. The molecule has 217 valence electrons. The number of pyridine rings is 1. The van der Waals surface area contributed by atoms with Crippen molar-refractivity contribution in [2.24, 2.45) is 0 Å². The van der Waals surface area contributed by atoms with Crippen molar-refractivity contribution in [1.29, 1.82) is 0 Å². The molecule has 3 aromatic heterocycles. The fourth-order valence-electron chi connectivity index (χ4n) is 5.64. The minimum atomic E-state index is -0.125. The van der Waals surface area contributed by atoms with Gasteiger partial charge in [0.1, 0.15) is 11.2 Å². The molecule has 43 heavy (non-hydrogen) atoms. The van der Waals surface area contributed by atoms with Gasteiger partial charge in [-0.25, -0.2) is 0 Å². The molecule has 0 amide bonds. The Balaban J connectivity index is 0.000000415. The van der Waals surface area contributed by atoms with Gasteiger partial charge in [0, 0.05) is 53.9 Å². The molecular formula is C37H30IrNO4-. The third-order valence-corrected chi connectivity index (χ3v) is 7.21. The fourth-order valence-corrected chi connectivity index (χ4v) is 5.64. The summed E-state index contributed by atoms with van der Waals surface area (Å²) in [5.74, 6) is 0.193. The number of rotatable bonds is 4. The van der Waals surface area contributed by atoms with Crippen molar-refractivity contribution in [1.82, 2.24) is 4.98 Å². The van der Waals surface area contributed by atoms with Crippen LogP contribution in [0.2, 0.25) is 0 Å². The van der Waals surface area contributed by atoms with Crippen LogP contribution in [0.3, 0.4) is 0 Å². The number of hydrogen-bond acceptors (Lipinski definition) is 5. The van der Waals surface area contributed by atoms with Crippen LogP contribution in [-0.4, -0.2) is 15.9 Å². The van der Waals surface area contributed by atoms with Crippen molar-refractivity contribution in [3.05, 3.63) is 115 Å². The van der Waals surface area contributed by atoms with Crippen LogP contribution in [0.15, 0.2) is 112 Å². The van der Waals surface area contributed by atoms with Gasteiger partial charge >= 0.3 is 0 Å². The van der Waals surface area contributed by atoms with Gasteiger partial charge in [-0.1, -0.05) is 56.3 Å². The molecule has 7 aromatic rings. The first-order valence-electron chi connectivity index (χ1n) is 13.9. The Kier molecular flexibility index (Phi) is 8.63. The van der Waals surface area contributed by atoms with Crippen LogP contribution in [0.5, 0.6) is 0 Å². The molecule has 4 aromatic carbocycles. The summed E-state index contributed by atoms with van der Waals surface area (Å²) in [5, 5.41) is 12.8. The molecule has 0 bridgehead atoms. The summed E-state index contributed by atoms with van der Waals surface area (Å²) in [6.07, 6.45) is 3.06. The zero-order chi connectivity index (χ0) is 29.4. The van der Waals surface area contributed by atoms with E-state index in [1.165, 1.54) is 31.1 Å². The largest absolute Gasteiger partial charge is 0.512 e. The molecule has 0 saturated carbocycles. The van der Waals surface area contributed by atoms with Crippen LogP contribution >= 0.6 is 0 Å². The molecule has 3 heterocycles. The quantitative estimate of drug-likeness (QED) is 0.110. The number of carbonyl (C=O) groups excluding carboxylic acids is 1. The Bertz CT molecular complexity index is 2120. The Morgan fingerprint density at radius 3 is 2.02 bits per heavy atom. The number of fused-ring (bicyclic) bond motifs is 7. The second-order valence-electron chi connectivity index (χ2n) is 10.7. The van der Waals surface area contributed by atoms with Crippen LogP contribution in [0.25, 0.3) is 66.3 Å². The smallest absolute Gasteiger partial charge is 0.179 e. The zero-order valence-electron chi connectivity index (χ0n) is 24.3. The number of hydrogen-bond donors (Lipinski definition) is 1. The third-order valence-electron chi connectivity index (χ3n) is 7.21. The Morgan fingerprint density at radius 2 is 1.47 bits per heavy atom. The van der Waals surface area contributed by atoms with Crippen molar-refractivity contribution in [3.8, 4) is 22.4 Å². The van der Waals surface area contributed by atoms with Crippen LogP contribution < -0.4 is 0 Å². The van der Waals surface area contributed by atoms with Crippen LogP contribution in [0.4, 0.5) is 0 Å². The summed E-state index contributed by atoms with van der Waals surface area (Å²) in [4.78, 5) is 14.7. The van der Waals surface area contributed by atoms with Gasteiger partial charge in [-0.3, -0.25) is 4.79 Å². The molecule has 0 spiro atoms. The molecule has 0 unspecified atom stereocenters. The topological polar surface area (TPSA) is 76.5 Å². The molecule has 0 atom stereocenters. The Labute approximate surface area is 263 Å². The monoisotopic (exact) mass is 745 g/mol. The van der Waals surface area contributed by atoms with Crippen molar-refractivity contribution < 1.29 is 38.8 Å². The van der Waals surface area contributed by atoms with E-state index < -0.39 is 0 Å². The zero-order valence-corrected chi connectivity index (χ0v) is 26.7. The van der Waals surface area contributed by atoms with Crippen LogP contribution in [-0.2, 0) is 24.9 Å². The Morgan fingerprint density at radius 1 is 0.860 bits per heavy atom. The molecule has 0 aliphatic heterocycles. The van der Waals surface area contributed by atoms with Gasteiger partial charge < -0.3 is 18.9 Å². The second-order valence-corrected chi connectivity index (χ2v) is 10.7. The number of aliphatic hydroxyl groups excluding tert-OH is 1. The number of allylic oxidation sites excluding steroid dienone is 2. The van der Waals surface area contributed by atoms with E-state index in [2.05, 4.69) is 61.3 Å². The maximum atomic E-state index is 10.0. The van der Waals surface area contributed by atoms with Gasteiger partial charge in [0.05, 0.1) is 5.76 Å². The van der Waals surface area contributed by atoms with Gasteiger partial charge in [0.15, 0.2) is 16.9 Å². The number of furan rings is 2. The number of aliphatic hydroxyl groups is 1. The van der Waals surface area contributed by atoms with Gasteiger partial charge in [0.2, 0.25) is 0 Å². The molecule has 0 aliphatic carbocycles. The van der Waals surface area contributed by atoms with Gasteiger partial charge in [-0.2, -0.15) is 0 Å². The van der Waals surface area contributed by atoms with E-state index >= 15 is 0 Å². The molecular weight excluding hydrogens is 715 g/mol. The predicted octanol–water partition coefficient (Wildman–Crippen LogP) is 10.2. The van der Waals surface area contributed by atoms with E-state index in [9.17, 15) is 4.79 Å². The molecule has 1 N–H and O–H groups in total. The van der Waals surface area contributed by atoms with Crippen LogP contribution in [0, 0.1) is 6.07 Å². The fraction of sp³-hybridized carbons (Fsp3) is 0.135. The molecule has 0 aliphatic rings. The average molecular weight is 745 g/mol. The summed E-state index contributed by atoms with van der Waals surface area (Å²) in [5.41, 5.74) is 8.77. The SMILES string of the molecule is CC(=O)/C=C(/C)O.CC(C)c1c(-c2ccnc(-c3[c-]cccc3)c2)c2c3ccccc3oc2c2oc3ccccc3c12.[Ir]. The average Bonchev–Trinajstić information content (AvgIpc) is 3.56. The van der Waals surface area contributed by atoms with Crippen molar-refractivity contribution in [3.63, 3.8) is 0 Å². The standard InChI is InChI=1S/C32H22NO2.C5H8O2.Ir/c1-19(2)27-28(21-16-17-33-24(18-21)20-10-4-3-5-11-20)30-23-13-7-9-15-26(23)35-32(30)31-29(27)22-12-6-8-14-25(22)34-31;1-4(6)3-5(2)7;/h3-10,12-19H,1-2H3;3,6H,1-2H3;/q-1;;/b;4-3-;. The minimum absolute atomic E-state index is 0. The maximum absolute atomic E-state index is 10.0. The van der Waals surface area contributed by atoms with Crippen LogP contribution in [0.1, 0.15) is 39.2 Å². The van der Waals surface area contributed by atoms with Gasteiger partial charge in [-0.15, -0.1) is 35.9 Å².